The van der Waals surface area contributed by atoms with Crippen molar-refractivity contribution in [3.05, 3.63) is 35.4 Å². The van der Waals surface area contributed by atoms with Crippen LogP contribution in [0.25, 0.3) is 0 Å². The Balaban J connectivity index is 1.78. The van der Waals surface area contributed by atoms with Crippen LogP contribution >= 0.6 is 0 Å². The van der Waals surface area contributed by atoms with Gasteiger partial charge in [-0.1, -0.05) is 29.8 Å². The molecular weight excluding hydrogens is 228 g/mol. The molecule has 0 aliphatic carbocycles. The average Bonchev–Trinajstić information content (AvgIpc) is 3.13. The second-order valence-corrected chi connectivity index (χ2v) is 4.84. The maximum atomic E-state index is 11.7. The predicted octanol–water partition coefficient (Wildman–Crippen LogP) is 2.65. The summed E-state index contributed by atoms with van der Waals surface area (Å²) in [6.45, 7) is 4.83. The molecule has 1 heterocycles. The minimum Gasteiger partial charge on any atom is -0.464 e. The van der Waals surface area contributed by atoms with Crippen molar-refractivity contribution < 1.29 is 14.3 Å². The van der Waals surface area contributed by atoms with Crippen molar-refractivity contribution in [2.24, 2.45) is 0 Å². The van der Waals surface area contributed by atoms with E-state index in [-0.39, 0.29) is 5.97 Å². The highest BCUT2D eigenvalue weighted by Crippen LogP contribution is 2.34. The molecule has 1 aliphatic rings. The lowest BCUT2D eigenvalue weighted by molar-refractivity contribution is -0.149. The maximum absolute atomic E-state index is 11.7. The van der Waals surface area contributed by atoms with Gasteiger partial charge in [0.15, 0.2) is 5.60 Å². The Morgan fingerprint density at radius 2 is 2.06 bits per heavy atom. The summed E-state index contributed by atoms with van der Waals surface area (Å²) in [5, 5.41) is 0. The summed E-state index contributed by atoms with van der Waals surface area (Å²) in [6.07, 6.45) is 2.67. The van der Waals surface area contributed by atoms with E-state index < -0.39 is 5.60 Å². The molecule has 0 amide bonds. The lowest BCUT2D eigenvalue weighted by Gasteiger charge is -2.10. The van der Waals surface area contributed by atoms with E-state index in [4.69, 9.17) is 9.47 Å². The van der Waals surface area contributed by atoms with E-state index in [1.165, 1.54) is 11.1 Å². The van der Waals surface area contributed by atoms with Gasteiger partial charge < -0.3 is 9.47 Å². The van der Waals surface area contributed by atoms with E-state index in [0.717, 1.165) is 19.3 Å². The molecule has 0 saturated carbocycles. The lowest BCUT2D eigenvalue weighted by atomic mass is 10.00. The number of benzene rings is 1. The number of ether oxygens (including phenoxy) is 2. The Morgan fingerprint density at radius 3 is 2.61 bits per heavy atom. The molecule has 0 bridgehead atoms. The summed E-state index contributed by atoms with van der Waals surface area (Å²) < 4.78 is 10.3. The molecule has 0 N–H and O–H groups in total. The van der Waals surface area contributed by atoms with Crippen LogP contribution < -0.4 is 0 Å². The number of carbonyl (C=O) groups is 1. The zero-order chi connectivity index (χ0) is 13.0. The van der Waals surface area contributed by atoms with Gasteiger partial charge in [-0.05, 0) is 38.7 Å². The molecule has 98 valence electrons. The molecule has 2 rings (SSSR count). The van der Waals surface area contributed by atoms with E-state index in [2.05, 4.69) is 31.2 Å². The molecule has 1 fully saturated rings. The third-order valence-corrected chi connectivity index (χ3v) is 3.31. The van der Waals surface area contributed by atoms with Crippen LogP contribution in [0.4, 0.5) is 0 Å². The normalized spacial score (nSPS) is 21.7. The van der Waals surface area contributed by atoms with Crippen LogP contribution in [-0.2, 0) is 20.7 Å². The van der Waals surface area contributed by atoms with Crippen molar-refractivity contribution in [2.75, 3.05) is 13.2 Å². The van der Waals surface area contributed by atoms with Crippen molar-refractivity contribution >= 4 is 5.97 Å². The first-order chi connectivity index (χ1) is 8.66. The van der Waals surface area contributed by atoms with Crippen molar-refractivity contribution in [1.82, 2.24) is 0 Å². The Morgan fingerprint density at radius 1 is 1.39 bits per heavy atom. The molecule has 0 unspecified atom stereocenters. The van der Waals surface area contributed by atoms with E-state index in [0.29, 0.717) is 13.2 Å². The molecule has 0 spiro atoms. The number of epoxide rings is 1. The van der Waals surface area contributed by atoms with Gasteiger partial charge in [0.1, 0.15) is 0 Å². The first-order valence-electron chi connectivity index (χ1n) is 6.53. The van der Waals surface area contributed by atoms with Crippen LogP contribution in [0.3, 0.4) is 0 Å². The lowest BCUT2D eigenvalue weighted by Crippen LogP contribution is -2.27. The van der Waals surface area contributed by atoms with E-state index in [1.54, 1.807) is 0 Å². The van der Waals surface area contributed by atoms with Crippen LogP contribution in [0.1, 0.15) is 30.9 Å². The molecule has 3 nitrogen and oxygen atoms in total. The first kappa shape index (κ1) is 13.1. The van der Waals surface area contributed by atoms with Crippen LogP contribution in [0.15, 0.2) is 24.3 Å². The first-order valence-corrected chi connectivity index (χ1v) is 6.53. The van der Waals surface area contributed by atoms with Gasteiger partial charge in [0, 0.05) is 0 Å². The third kappa shape index (κ3) is 3.10. The topological polar surface area (TPSA) is 38.8 Å². The van der Waals surface area contributed by atoms with Gasteiger partial charge in [0.2, 0.25) is 0 Å². The molecule has 1 saturated heterocycles. The van der Waals surface area contributed by atoms with Gasteiger partial charge in [-0.15, -0.1) is 0 Å². The largest absolute Gasteiger partial charge is 0.464 e. The molecule has 1 atom stereocenters. The summed E-state index contributed by atoms with van der Waals surface area (Å²) in [5.74, 6) is -0.200. The highest BCUT2D eigenvalue weighted by atomic mass is 16.6. The van der Waals surface area contributed by atoms with Crippen molar-refractivity contribution in [1.29, 1.82) is 0 Å². The second kappa shape index (κ2) is 5.53. The van der Waals surface area contributed by atoms with Crippen LogP contribution in [0.5, 0.6) is 0 Å². The van der Waals surface area contributed by atoms with Gasteiger partial charge in [-0.2, -0.15) is 0 Å². The molecule has 0 aromatic heterocycles. The average molecular weight is 248 g/mol. The van der Waals surface area contributed by atoms with E-state index in [9.17, 15) is 4.79 Å². The fourth-order valence-electron chi connectivity index (χ4n) is 2.05. The molecule has 0 radical (unpaired) electrons. The molecule has 1 aromatic rings. The number of hydrogen-bond acceptors (Lipinski definition) is 3. The number of carbonyl (C=O) groups excluding carboxylic acids is 1. The second-order valence-electron chi connectivity index (χ2n) is 4.84. The van der Waals surface area contributed by atoms with Gasteiger partial charge in [0.05, 0.1) is 13.2 Å². The van der Waals surface area contributed by atoms with Gasteiger partial charge >= 0.3 is 5.97 Å². The van der Waals surface area contributed by atoms with Crippen LogP contribution in [-0.4, -0.2) is 24.8 Å². The minimum atomic E-state index is -0.624. The maximum Gasteiger partial charge on any atom is 0.340 e. The summed E-state index contributed by atoms with van der Waals surface area (Å²) >= 11 is 0. The summed E-state index contributed by atoms with van der Waals surface area (Å²) in [7, 11) is 0. The van der Waals surface area contributed by atoms with Gasteiger partial charge in [0.25, 0.3) is 0 Å². The fourth-order valence-corrected chi connectivity index (χ4v) is 2.05. The van der Waals surface area contributed by atoms with Crippen molar-refractivity contribution in [3.8, 4) is 0 Å². The third-order valence-electron chi connectivity index (χ3n) is 3.31. The number of rotatable bonds is 6. The monoisotopic (exact) mass is 248 g/mol. The number of aryl methyl sites for hydroxylation is 2. The summed E-state index contributed by atoms with van der Waals surface area (Å²) in [5.41, 5.74) is 1.95. The Kier molecular flexibility index (Phi) is 4.02. The highest BCUT2D eigenvalue weighted by molar-refractivity contribution is 5.82. The number of esters is 1. The number of hydrogen-bond donors (Lipinski definition) is 0. The predicted molar refractivity (Wildman–Crippen MR) is 69.4 cm³/mol. The Bertz CT molecular complexity index is 404. The van der Waals surface area contributed by atoms with E-state index in [1.807, 2.05) is 6.92 Å². The Hall–Kier alpha value is -1.35. The zero-order valence-electron chi connectivity index (χ0n) is 11.1. The van der Waals surface area contributed by atoms with E-state index >= 15 is 0 Å². The quantitative estimate of drug-likeness (QED) is 0.574. The molecule has 1 aromatic carbocycles. The van der Waals surface area contributed by atoms with Crippen LogP contribution in [0, 0.1) is 6.92 Å². The van der Waals surface area contributed by atoms with Gasteiger partial charge in [-0.3, -0.25) is 0 Å². The SMILES string of the molecule is CCOC(=O)[C@]1(CCCc2ccc(C)cc2)CO1. The van der Waals surface area contributed by atoms with Gasteiger partial charge in [-0.25, -0.2) is 4.79 Å². The summed E-state index contributed by atoms with van der Waals surface area (Å²) in [4.78, 5) is 11.7. The smallest absolute Gasteiger partial charge is 0.340 e. The van der Waals surface area contributed by atoms with Crippen LogP contribution in [0.2, 0.25) is 0 Å². The standard InChI is InChI=1S/C15H20O3/c1-3-17-14(16)15(11-18-15)10-4-5-13-8-6-12(2)7-9-13/h6-9H,3-5,10-11H2,1-2H3/t15-/m0/s1. The molecular formula is C15H20O3. The van der Waals surface area contributed by atoms with Crippen molar-refractivity contribution in [3.63, 3.8) is 0 Å². The Labute approximate surface area is 108 Å². The highest BCUT2D eigenvalue weighted by Gasteiger charge is 2.52. The summed E-state index contributed by atoms with van der Waals surface area (Å²) in [6, 6.07) is 8.51. The zero-order valence-corrected chi connectivity index (χ0v) is 11.1. The molecule has 18 heavy (non-hydrogen) atoms. The van der Waals surface area contributed by atoms with Crippen molar-refractivity contribution in [2.45, 2.75) is 38.7 Å². The molecule has 3 heteroatoms. The molecule has 1 aliphatic heterocycles. The fraction of sp³-hybridized carbons (Fsp3) is 0.533. The minimum absolute atomic E-state index is 0.200.